The molecular formula is C20H23N3O5. The van der Waals surface area contributed by atoms with Crippen molar-refractivity contribution in [2.45, 2.75) is 31.8 Å². The van der Waals surface area contributed by atoms with Crippen molar-refractivity contribution < 1.29 is 23.6 Å². The molecule has 0 atom stereocenters. The molecule has 0 unspecified atom stereocenters. The molecule has 1 spiro atoms. The maximum Gasteiger partial charge on any atom is 0.239 e. The van der Waals surface area contributed by atoms with Gasteiger partial charge in [-0.2, -0.15) is 0 Å². The lowest BCUT2D eigenvalue weighted by atomic mass is 9.82. The second-order valence-electron chi connectivity index (χ2n) is 7.39. The van der Waals surface area contributed by atoms with Gasteiger partial charge in [-0.25, -0.2) is 0 Å². The highest BCUT2D eigenvalue weighted by Crippen LogP contribution is 2.40. The van der Waals surface area contributed by atoms with Gasteiger partial charge in [-0.1, -0.05) is 5.16 Å². The second-order valence-corrected chi connectivity index (χ2v) is 7.39. The van der Waals surface area contributed by atoms with Gasteiger partial charge in [-0.05, 0) is 19.1 Å². The molecule has 1 aromatic heterocycles. The van der Waals surface area contributed by atoms with Gasteiger partial charge in [0.15, 0.2) is 11.6 Å². The van der Waals surface area contributed by atoms with Gasteiger partial charge in [-0.15, -0.1) is 0 Å². The molecule has 2 aromatic rings. The number of carbonyl (C=O) groups is 2. The van der Waals surface area contributed by atoms with Crippen LogP contribution in [0.25, 0.3) is 0 Å². The van der Waals surface area contributed by atoms with Crippen molar-refractivity contribution in [3.63, 3.8) is 0 Å². The van der Waals surface area contributed by atoms with E-state index in [1.54, 1.807) is 38.3 Å². The van der Waals surface area contributed by atoms with Gasteiger partial charge in [0.2, 0.25) is 5.91 Å². The number of Topliss-reactive ketones (excluding diaryl/α,β-unsaturated/α-hetero) is 1. The average Bonchev–Trinajstić information content (AvgIpc) is 3.08. The molecule has 1 aromatic carbocycles. The third kappa shape index (κ3) is 3.73. The fourth-order valence-corrected chi connectivity index (χ4v) is 3.81. The number of likely N-dealkylation sites (tertiary alicyclic amines) is 1. The molecule has 1 N–H and O–H groups in total. The third-order valence-electron chi connectivity index (χ3n) is 5.33. The van der Waals surface area contributed by atoms with Crippen molar-refractivity contribution in [2.24, 2.45) is 0 Å². The van der Waals surface area contributed by atoms with Crippen LogP contribution in [0.3, 0.4) is 0 Å². The number of carbonyl (C=O) groups excluding carboxylic acids is 2. The number of ketones is 1. The van der Waals surface area contributed by atoms with Gasteiger partial charge in [-0.3, -0.25) is 14.5 Å². The van der Waals surface area contributed by atoms with Gasteiger partial charge in [0.25, 0.3) is 0 Å². The zero-order chi connectivity index (χ0) is 19.7. The molecule has 0 bridgehead atoms. The quantitative estimate of drug-likeness (QED) is 0.864. The molecule has 2 aliphatic heterocycles. The van der Waals surface area contributed by atoms with Gasteiger partial charge in [0.1, 0.15) is 22.9 Å². The van der Waals surface area contributed by atoms with Crippen LogP contribution < -0.4 is 14.8 Å². The first kappa shape index (κ1) is 18.5. The zero-order valence-corrected chi connectivity index (χ0v) is 16.0. The van der Waals surface area contributed by atoms with Crippen LogP contribution in [0.4, 0.5) is 5.82 Å². The Morgan fingerprint density at radius 3 is 2.79 bits per heavy atom. The predicted octanol–water partition coefficient (Wildman–Crippen LogP) is 2.43. The van der Waals surface area contributed by atoms with Crippen LogP contribution in [0.1, 0.15) is 35.4 Å². The van der Waals surface area contributed by atoms with Crippen molar-refractivity contribution in [1.82, 2.24) is 10.1 Å². The molecule has 8 nitrogen and oxygen atoms in total. The number of methoxy groups -OCH3 is 1. The van der Waals surface area contributed by atoms with Crippen LogP contribution in [-0.4, -0.2) is 54.1 Å². The summed E-state index contributed by atoms with van der Waals surface area (Å²) in [4.78, 5) is 26.9. The Morgan fingerprint density at radius 2 is 2.11 bits per heavy atom. The summed E-state index contributed by atoms with van der Waals surface area (Å²) in [6.45, 7) is 3.39. The van der Waals surface area contributed by atoms with E-state index in [0.29, 0.717) is 61.0 Å². The van der Waals surface area contributed by atoms with E-state index in [-0.39, 0.29) is 18.2 Å². The number of amides is 1. The summed E-state index contributed by atoms with van der Waals surface area (Å²) in [5.74, 6) is 2.27. The van der Waals surface area contributed by atoms with Crippen LogP contribution >= 0.6 is 0 Å². The first-order chi connectivity index (χ1) is 13.5. The lowest BCUT2D eigenvalue weighted by Crippen LogP contribution is -2.52. The topological polar surface area (TPSA) is 93.9 Å². The Morgan fingerprint density at radius 1 is 1.32 bits per heavy atom. The number of benzene rings is 1. The van der Waals surface area contributed by atoms with Crippen molar-refractivity contribution >= 4 is 17.5 Å². The normalized spacial score (nSPS) is 18.4. The summed E-state index contributed by atoms with van der Waals surface area (Å²) in [7, 11) is 1.59. The predicted molar refractivity (Wildman–Crippen MR) is 101 cm³/mol. The monoisotopic (exact) mass is 385 g/mol. The summed E-state index contributed by atoms with van der Waals surface area (Å²) in [6, 6.07) is 6.98. The lowest BCUT2D eigenvalue weighted by molar-refractivity contribution is -0.118. The zero-order valence-electron chi connectivity index (χ0n) is 16.0. The number of fused-ring (bicyclic) bond motifs is 1. The van der Waals surface area contributed by atoms with Crippen LogP contribution in [0.15, 0.2) is 28.8 Å². The molecule has 0 saturated carbocycles. The summed E-state index contributed by atoms with van der Waals surface area (Å²) >= 11 is 0. The van der Waals surface area contributed by atoms with Gasteiger partial charge >= 0.3 is 0 Å². The van der Waals surface area contributed by atoms with Gasteiger partial charge in [0.05, 0.1) is 25.6 Å². The number of piperidine rings is 1. The molecule has 8 heteroatoms. The minimum atomic E-state index is -0.507. The molecule has 148 valence electrons. The molecule has 0 radical (unpaired) electrons. The Labute approximate surface area is 162 Å². The highest BCUT2D eigenvalue weighted by Gasteiger charge is 2.43. The highest BCUT2D eigenvalue weighted by atomic mass is 16.5. The molecule has 1 amide bonds. The molecule has 2 aliphatic rings. The van der Waals surface area contributed by atoms with E-state index in [1.165, 1.54) is 0 Å². The largest absolute Gasteiger partial charge is 0.497 e. The Bertz CT molecular complexity index is 899. The fraction of sp³-hybridized carbons (Fsp3) is 0.450. The van der Waals surface area contributed by atoms with Crippen LogP contribution in [0, 0.1) is 6.92 Å². The Hall–Kier alpha value is -2.87. The standard InChI is InChI=1S/C20H23N3O5/c1-13-9-18(22-28-13)21-19(25)12-23-7-5-20(6-8-23)11-16(24)15-4-3-14(26-2)10-17(15)27-20/h3-4,9-10H,5-8,11-12H2,1-2H3,(H,21,22,25). The highest BCUT2D eigenvalue weighted by molar-refractivity contribution is 6.00. The SMILES string of the molecule is COc1ccc2c(c1)OC1(CCN(CC(=O)Nc3cc(C)on3)CC1)CC2=O. The lowest BCUT2D eigenvalue weighted by Gasteiger charge is -2.43. The Balaban J connectivity index is 1.36. The van der Waals surface area contributed by atoms with Crippen molar-refractivity contribution in [2.75, 3.05) is 32.1 Å². The number of nitrogens with one attached hydrogen (secondary N) is 1. The van der Waals surface area contributed by atoms with Gasteiger partial charge < -0.3 is 19.3 Å². The first-order valence-electron chi connectivity index (χ1n) is 9.32. The number of aromatic nitrogens is 1. The molecule has 4 rings (SSSR count). The number of aryl methyl sites for hydroxylation is 1. The van der Waals surface area contributed by atoms with Crippen molar-refractivity contribution in [1.29, 1.82) is 0 Å². The van der Waals surface area contributed by atoms with E-state index in [0.717, 1.165) is 0 Å². The van der Waals surface area contributed by atoms with Crippen molar-refractivity contribution in [3.05, 3.63) is 35.6 Å². The van der Waals surface area contributed by atoms with Crippen molar-refractivity contribution in [3.8, 4) is 11.5 Å². The van der Waals surface area contributed by atoms with E-state index >= 15 is 0 Å². The maximum absolute atomic E-state index is 12.6. The summed E-state index contributed by atoms with van der Waals surface area (Å²) in [6.07, 6.45) is 1.74. The molecule has 3 heterocycles. The number of hydrogen-bond acceptors (Lipinski definition) is 7. The van der Waals surface area contributed by atoms with E-state index < -0.39 is 5.60 Å². The first-order valence-corrected chi connectivity index (χ1v) is 9.32. The average molecular weight is 385 g/mol. The minimum absolute atomic E-state index is 0.0940. The smallest absolute Gasteiger partial charge is 0.239 e. The number of rotatable bonds is 4. The number of ether oxygens (including phenoxy) is 2. The van der Waals surface area contributed by atoms with Gasteiger partial charge in [0, 0.05) is 38.1 Å². The second kappa shape index (κ2) is 7.27. The third-order valence-corrected chi connectivity index (χ3v) is 5.33. The summed E-state index contributed by atoms with van der Waals surface area (Å²) in [5, 5.41) is 6.50. The van der Waals surface area contributed by atoms with Crippen LogP contribution in [0.5, 0.6) is 11.5 Å². The van der Waals surface area contributed by atoms with E-state index in [9.17, 15) is 9.59 Å². The number of anilines is 1. The van der Waals surface area contributed by atoms with E-state index in [1.807, 2.05) is 0 Å². The molecule has 28 heavy (non-hydrogen) atoms. The minimum Gasteiger partial charge on any atom is -0.497 e. The number of nitrogens with zero attached hydrogens (tertiary/aromatic N) is 2. The molecule has 1 fully saturated rings. The summed E-state index contributed by atoms with van der Waals surface area (Å²) < 4.78 is 16.5. The number of hydrogen-bond donors (Lipinski definition) is 1. The maximum atomic E-state index is 12.6. The van der Waals surface area contributed by atoms with Crippen LogP contribution in [0.2, 0.25) is 0 Å². The van der Waals surface area contributed by atoms with E-state index in [4.69, 9.17) is 14.0 Å². The fourth-order valence-electron chi connectivity index (χ4n) is 3.81. The molecule has 0 aliphatic carbocycles. The van der Waals surface area contributed by atoms with E-state index in [2.05, 4.69) is 15.4 Å². The molecular weight excluding hydrogens is 362 g/mol. The summed E-state index contributed by atoms with van der Waals surface area (Å²) in [5.41, 5.74) is 0.100. The molecule has 1 saturated heterocycles. The Kier molecular flexibility index (Phi) is 4.80. The van der Waals surface area contributed by atoms with Crippen LogP contribution in [-0.2, 0) is 4.79 Å².